The summed E-state index contributed by atoms with van der Waals surface area (Å²) in [5.74, 6) is -0.903. The highest BCUT2D eigenvalue weighted by Crippen LogP contribution is 2.13. The van der Waals surface area contributed by atoms with Crippen molar-refractivity contribution in [1.82, 2.24) is 0 Å². The van der Waals surface area contributed by atoms with E-state index in [9.17, 15) is 9.90 Å². The molecule has 1 unspecified atom stereocenters. The largest absolute Gasteiger partial charge is 0.550 e. The predicted octanol–water partition coefficient (Wildman–Crippen LogP) is 5.07. The van der Waals surface area contributed by atoms with Crippen molar-refractivity contribution >= 4 is 5.97 Å². The second-order valence-corrected chi connectivity index (χ2v) is 9.39. The predicted molar refractivity (Wildman–Crippen MR) is 119 cm³/mol. The van der Waals surface area contributed by atoms with E-state index in [1.54, 1.807) is 0 Å². The minimum atomic E-state index is -0.903. The molecule has 170 valence electrons. The lowest BCUT2D eigenvalue weighted by Crippen LogP contribution is -2.40. The number of quaternary nitrogens is 1. The fourth-order valence-electron chi connectivity index (χ4n) is 3.43. The number of likely N-dealkylation sites (N-methyl/N-ethyl adjacent to an activating group) is 1. The molecule has 0 aliphatic heterocycles. The van der Waals surface area contributed by atoms with Gasteiger partial charge in [-0.05, 0) is 19.8 Å². The average molecular weight is 402 g/mol. The van der Waals surface area contributed by atoms with Crippen LogP contribution in [0, 0.1) is 0 Å². The molecule has 4 nitrogen and oxygen atoms in total. The first kappa shape index (κ1) is 29.6. The second kappa shape index (κ2) is 21.1. The molecule has 0 heterocycles. The summed E-state index contributed by atoms with van der Waals surface area (Å²) < 4.78 is 0.831. The third-order valence-corrected chi connectivity index (χ3v) is 4.80. The number of nitrogens with zero attached hydrogens (tertiary/aromatic N) is 1. The Kier molecular flexibility index (Phi) is 22.3. The first-order valence-electron chi connectivity index (χ1n) is 11.9. The molecule has 0 saturated heterocycles. The zero-order valence-corrected chi connectivity index (χ0v) is 19.8. The lowest BCUT2D eigenvalue weighted by molar-refractivity contribution is -0.873. The van der Waals surface area contributed by atoms with Crippen LogP contribution in [-0.4, -0.2) is 49.4 Å². The van der Waals surface area contributed by atoms with Crippen LogP contribution in [0.5, 0.6) is 0 Å². The van der Waals surface area contributed by atoms with Crippen molar-refractivity contribution in [2.24, 2.45) is 0 Å². The number of hydrogen-bond acceptors (Lipinski definition) is 3. The Balaban J connectivity index is 0. The molecule has 0 aromatic heterocycles. The van der Waals surface area contributed by atoms with Gasteiger partial charge in [-0.3, -0.25) is 0 Å². The summed E-state index contributed by atoms with van der Waals surface area (Å²) in [6.07, 6.45) is 19.7. The SMILES string of the molecule is CC(O)C[N+](C)(C)C.CCCCCCCCCCCCCCCCCC(=O)[O-]. The highest BCUT2D eigenvalue weighted by molar-refractivity contribution is 5.63. The van der Waals surface area contributed by atoms with Crippen LogP contribution in [0.15, 0.2) is 0 Å². The Morgan fingerprint density at radius 3 is 1.29 bits per heavy atom. The Labute approximate surface area is 176 Å². The first-order chi connectivity index (χ1) is 13.2. The van der Waals surface area contributed by atoms with Crippen LogP contribution in [0.3, 0.4) is 0 Å². The van der Waals surface area contributed by atoms with Gasteiger partial charge in [-0.2, -0.15) is 0 Å². The van der Waals surface area contributed by atoms with Gasteiger partial charge in [-0.15, -0.1) is 0 Å². The van der Waals surface area contributed by atoms with Crippen molar-refractivity contribution in [1.29, 1.82) is 0 Å². The minimum absolute atomic E-state index is 0.185. The third kappa shape index (κ3) is 33.0. The van der Waals surface area contributed by atoms with E-state index in [0.29, 0.717) is 0 Å². The number of aliphatic carboxylic acids is 1. The molecule has 0 rings (SSSR count). The number of carbonyl (C=O) groups excluding carboxylic acids is 1. The molecule has 0 fully saturated rings. The molecule has 4 heteroatoms. The number of aliphatic hydroxyl groups excluding tert-OH is 1. The first-order valence-corrected chi connectivity index (χ1v) is 11.9. The van der Waals surface area contributed by atoms with E-state index in [2.05, 4.69) is 28.1 Å². The molecule has 0 aromatic carbocycles. The summed E-state index contributed by atoms with van der Waals surface area (Å²) in [6, 6.07) is 0. The highest BCUT2D eigenvalue weighted by Gasteiger charge is 2.09. The lowest BCUT2D eigenvalue weighted by Gasteiger charge is -2.24. The number of carbonyl (C=O) groups is 1. The van der Waals surface area contributed by atoms with E-state index in [4.69, 9.17) is 5.11 Å². The number of aliphatic hydroxyl groups is 1. The molecule has 0 spiro atoms. The van der Waals surface area contributed by atoms with Gasteiger partial charge in [0.05, 0.1) is 21.1 Å². The van der Waals surface area contributed by atoms with Crippen LogP contribution in [-0.2, 0) is 4.79 Å². The number of rotatable bonds is 18. The molecule has 0 aliphatic rings. The summed E-state index contributed by atoms with van der Waals surface area (Å²) >= 11 is 0. The molecule has 0 bridgehead atoms. The van der Waals surface area contributed by atoms with Crippen molar-refractivity contribution in [2.45, 2.75) is 123 Å². The van der Waals surface area contributed by atoms with Gasteiger partial charge in [0.15, 0.2) is 0 Å². The number of unbranched alkanes of at least 4 members (excludes halogenated alkanes) is 14. The third-order valence-electron chi connectivity index (χ3n) is 4.80. The van der Waals surface area contributed by atoms with Gasteiger partial charge in [-0.25, -0.2) is 0 Å². The van der Waals surface area contributed by atoms with Crippen molar-refractivity contribution in [3.8, 4) is 0 Å². The summed E-state index contributed by atoms with van der Waals surface area (Å²) in [4.78, 5) is 10.2. The number of carboxylic acid groups (broad SMARTS) is 1. The maximum absolute atomic E-state index is 10.2. The fraction of sp³-hybridized carbons (Fsp3) is 0.958. The quantitative estimate of drug-likeness (QED) is 0.258. The maximum Gasteiger partial charge on any atom is 0.104 e. The van der Waals surface area contributed by atoms with Gasteiger partial charge in [0, 0.05) is 5.97 Å². The molecular formula is C24H51NO3. The average Bonchev–Trinajstić information content (AvgIpc) is 2.56. The molecular weight excluding hydrogens is 350 g/mol. The summed E-state index contributed by atoms with van der Waals surface area (Å²) in [7, 11) is 6.19. The Morgan fingerprint density at radius 1 is 0.750 bits per heavy atom. The monoisotopic (exact) mass is 401 g/mol. The van der Waals surface area contributed by atoms with E-state index < -0.39 is 5.97 Å². The van der Waals surface area contributed by atoms with E-state index in [0.717, 1.165) is 23.9 Å². The Morgan fingerprint density at radius 2 is 1.07 bits per heavy atom. The van der Waals surface area contributed by atoms with E-state index in [1.165, 1.54) is 83.5 Å². The molecule has 0 saturated carbocycles. The van der Waals surface area contributed by atoms with E-state index >= 15 is 0 Å². The smallest absolute Gasteiger partial charge is 0.104 e. The standard InChI is InChI=1S/C18H36O2.C6H16NO/c1-2-3-4-5-6-7-8-9-10-11-12-13-14-15-16-17-18(19)20;1-6(8)5-7(2,3)4/h2-17H2,1H3,(H,19,20);6,8H,5H2,1-4H3/q;+1/p-1. The molecule has 0 aromatic rings. The second-order valence-electron chi connectivity index (χ2n) is 9.39. The van der Waals surface area contributed by atoms with Crippen molar-refractivity contribution in [3.63, 3.8) is 0 Å². The van der Waals surface area contributed by atoms with Gasteiger partial charge in [-0.1, -0.05) is 96.8 Å². The van der Waals surface area contributed by atoms with Crippen LogP contribution < -0.4 is 5.11 Å². The van der Waals surface area contributed by atoms with Gasteiger partial charge < -0.3 is 19.5 Å². The summed E-state index contributed by atoms with van der Waals surface area (Å²) in [6.45, 7) is 4.90. The zero-order chi connectivity index (χ0) is 21.7. The van der Waals surface area contributed by atoms with Crippen LogP contribution in [0.4, 0.5) is 0 Å². The minimum Gasteiger partial charge on any atom is -0.550 e. The molecule has 1 N–H and O–H groups in total. The zero-order valence-electron chi connectivity index (χ0n) is 19.8. The van der Waals surface area contributed by atoms with Crippen LogP contribution in [0.2, 0.25) is 0 Å². The van der Waals surface area contributed by atoms with E-state index in [1.807, 2.05) is 6.92 Å². The fourth-order valence-corrected chi connectivity index (χ4v) is 3.43. The molecule has 28 heavy (non-hydrogen) atoms. The Bertz CT molecular complexity index is 324. The van der Waals surface area contributed by atoms with Crippen LogP contribution in [0.1, 0.15) is 117 Å². The molecule has 0 amide bonds. The number of hydrogen-bond donors (Lipinski definition) is 1. The van der Waals surface area contributed by atoms with Crippen LogP contribution in [0.25, 0.3) is 0 Å². The molecule has 0 aliphatic carbocycles. The Hall–Kier alpha value is -0.610. The molecule has 0 radical (unpaired) electrons. The summed E-state index contributed by atoms with van der Waals surface area (Å²) in [5, 5.41) is 19.1. The topological polar surface area (TPSA) is 60.4 Å². The van der Waals surface area contributed by atoms with Crippen molar-refractivity contribution < 1.29 is 19.5 Å². The van der Waals surface area contributed by atoms with Gasteiger partial charge >= 0.3 is 0 Å². The van der Waals surface area contributed by atoms with Gasteiger partial charge in [0.2, 0.25) is 0 Å². The van der Waals surface area contributed by atoms with Crippen LogP contribution >= 0.6 is 0 Å². The maximum atomic E-state index is 10.2. The van der Waals surface area contributed by atoms with E-state index in [-0.39, 0.29) is 12.5 Å². The van der Waals surface area contributed by atoms with Gasteiger partial charge in [0.25, 0.3) is 0 Å². The molecule has 1 atom stereocenters. The summed E-state index contributed by atoms with van der Waals surface area (Å²) in [5.41, 5.74) is 0. The highest BCUT2D eigenvalue weighted by atomic mass is 16.4. The lowest BCUT2D eigenvalue weighted by atomic mass is 10.0. The van der Waals surface area contributed by atoms with Gasteiger partial charge in [0.1, 0.15) is 12.6 Å². The van der Waals surface area contributed by atoms with Crippen molar-refractivity contribution in [2.75, 3.05) is 27.7 Å². The number of carboxylic acids is 1. The normalized spacial score (nSPS) is 12.4. The van der Waals surface area contributed by atoms with Crippen molar-refractivity contribution in [3.05, 3.63) is 0 Å².